The van der Waals surface area contributed by atoms with Gasteiger partial charge in [0, 0.05) is 10.0 Å². The second kappa shape index (κ2) is 5.95. The Morgan fingerprint density at radius 3 is 2.53 bits per heavy atom. The molecule has 0 bridgehead atoms. The van der Waals surface area contributed by atoms with E-state index < -0.39 is 6.10 Å². The molecule has 1 N–H and O–H groups in total. The summed E-state index contributed by atoms with van der Waals surface area (Å²) in [5, 5.41) is 10.9. The SMILES string of the molecule is COc1ccc(C(O)c2ccc(C)c(Br)c2)c(Cl)c1. The van der Waals surface area contributed by atoms with Crippen LogP contribution in [-0.4, -0.2) is 12.2 Å². The van der Waals surface area contributed by atoms with E-state index in [4.69, 9.17) is 16.3 Å². The number of aliphatic hydroxyl groups is 1. The number of hydrogen-bond acceptors (Lipinski definition) is 2. The number of methoxy groups -OCH3 is 1. The van der Waals surface area contributed by atoms with E-state index in [1.54, 1.807) is 25.3 Å². The van der Waals surface area contributed by atoms with Crippen molar-refractivity contribution in [3.8, 4) is 5.75 Å². The molecule has 2 aromatic rings. The van der Waals surface area contributed by atoms with Crippen molar-refractivity contribution >= 4 is 27.5 Å². The molecule has 0 saturated heterocycles. The summed E-state index contributed by atoms with van der Waals surface area (Å²) < 4.78 is 6.06. The summed E-state index contributed by atoms with van der Waals surface area (Å²) in [7, 11) is 1.58. The van der Waals surface area contributed by atoms with E-state index in [0.29, 0.717) is 16.3 Å². The van der Waals surface area contributed by atoms with Gasteiger partial charge in [0.05, 0.1) is 12.1 Å². The van der Waals surface area contributed by atoms with Crippen LogP contribution < -0.4 is 4.74 Å². The zero-order valence-corrected chi connectivity index (χ0v) is 13.0. The Morgan fingerprint density at radius 2 is 1.95 bits per heavy atom. The summed E-state index contributed by atoms with van der Waals surface area (Å²) >= 11 is 9.64. The van der Waals surface area contributed by atoms with Gasteiger partial charge in [-0.15, -0.1) is 0 Å². The van der Waals surface area contributed by atoms with E-state index >= 15 is 0 Å². The molecule has 0 radical (unpaired) electrons. The number of rotatable bonds is 3. The lowest BCUT2D eigenvalue weighted by Gasteiger charge is -2.15. The topological polar surface area (TPSA) is 29.5 Å². The first-order valence-electron chi connectivity index (χ1n) is 5.80. The Labute approximate surface area is 126 Å². The van der Waals surface area contributed by atoms with E-state index in [0.717, 1.165) is 15.6 Å². The van der Waals surface area contributed by atoms with Crippen LogP contribution in [0, 0.1) is 6.92 Å². The van der Waals surface area contributed by atoms with E-state index in [-0.39, 0.29) is 0 Å². The van der Waals surface area contributed by atoms with Crippen LogP contribution in [0.15, 0.2) is 40.9 Å². The van der Waals surface area contributed by atoms with Crippen LogP contribution in [-0.2, 0) is 0 Å². The molecule has 0 aliphatic rings. The summed E-state index contributed by atoms with van der Waals surface area (Å²) in [5.74, 6) is 0.672. The zero-order valence-electron chi connectivity index (χ0n) is 10.7. The van der Waals surface area contributed by atoms with E-state index in [2.05, 4.69) is 15.9 Å². The Bertz CT molecular complexity index is 599. The summed E-state index contributed by atoms with van der Waals surface area (Å²) in [6.45, 7) is 2.00. The molecule has 100 valence electrons. The van der Waals surface area contributed by atoms with Gasteiger partial charge in [-0.3, -0.25) is 0 Å². The summed E-state index contributed by atoms with van der Waals surface area (Å²) in [5.41, 5.74) is 2.58. The Kier molecular flexibility index (Phi) is 4.50. The number of hydrogen-bond donors (Lipinski definition) is 1. The third-order valence-electron chi connectivity index (χ3n) is 3.01. The molecule has 1 atom stereocenters. The van der Waals surface area contributed by atoms with Gasteiger partial charge in [-0.25, -0.2) is 0 Å². The monoisotopic (exact) mass is 340 g/mol. The molecule has 2 nitrogen and oxygen atoms in total. The van der Waals surface area contributed by atoms with Crippen LogP contribution >= 0.6 is 27.5 Å². The quantitative estimate of drug-likeness (QED) is 0.890. The van der Waals surface area contributed by atoms with Gasteiger partial charge in [0.2, 0.25) is 0 Å². The van der Waals surface area contributed by atoms with Crippen molar-refractivity contribution in [2.45, 2.75) is 13.0 Å². The first kappa shape index (κ1) is 14.4. The third-order valence-corrected chi connectivity index (χ3v) is 4.20. The summed E-state index contributed by atoms with van der Waals surface area (Å²) in [6, 6.07) is 11.0. The number of aryl methyl sites for hydroxylation is 1. The summed E-state index contributed by atoms with van der Waals surface area (Å²) in [4.78, 5) is 0. The fraction of sp³-hybridized carbons (Fsp3) is 0.200. The van der Waals surface area contributed by atoms with Crippen molar-refractivity contribution in [3.63, 3.8) is 0 Å². The highest BCUT2D eigenvalue weighted by Gasteiger charge is 2.15. The van der Waals surface area contributed by atoms with Crippen molar-refractivity contribution in [1.29, 1.82) is 0 Å². The van der Waals surface area contributed by atoms with Crippen molar-refractivity contribution in [2.24, 2.45) is 0 Å². The number of ether oxygens (including phenoxy) is 1. The maximum atomic E-state index is 10.4. The summed E-state index contributed by atoms with van der Waals surface area (Å²) in [6.07, 6.45) is -0.754. The van der Waals surface area contributed by atoms with Gasteiger partial charge < -0.3 is 9.84 Å². The molecule has 1 unspecified atom stereocenters. The third kappa shape index (κ3) is 3.11. The smallest absolute Gasteiger partial charge is 0.120 e. The lowest BCUT2D eigenvalue weighted by molar-refractivity contribution is 0.220. The molecule has 2 rings (SSSR count). The number of halogens is 2. The van der Waals surface area contributed by atoms with Crippen molar-refractivity contribution in [2.75, 3.05) is 7.11 Å². The average molecular weight is 342 g/mol. The van der Waals surface area contributed by atoms with Crippen molar-refractivity contribution in [1.82, 2.24) is 0 Å². The van der Waals surface area contributed by atoms with Gasteiger partial charge >= 0.3 is 0 Å². The van der Waals surface area contributed by atoms with Gasteiger partial charge in [0.15, 0.2) is 0 Å². The van der Waals surface area contributed by atoms with Crippen LogP contribution in [0.4, 0.5) is 0 Å². The van der Waals surface area contributed by atoms with Crippen LogP contribution in [0.1, 0.15) is 22.8 Å². The van der Waals surface area contributed by atoms with Gasteiger partial charge in [-0.05, 0) is 36.2 Å². The second-order valence-electron chi connectivity index (χ2n) is 4.30. The molecular formula is C15H14BrClO2. The highest BCUT2D eigenvalue weighted by atomic mass is 79.9. The first-order chi connectivity index (χ1) is 9.02. The Morgan fingerprint density at radius 1 is 1.21 bits per heavy atom. The normalized spacial score (nSPS) is 12.3. The largest absolute Gasteiger partial charge is 0.497 e. The van der Waals surface area contributed by atoms with Gasteiger partial charge in [0.25, 0.3) is 0 Å². The minimum atomic E-state index is -0.754. The molecule has 0 aliphatic heterocycles. The fourth-order valence-electron chi connectivity index (χ4n) is 1.82. The van der Waals surface area contributed by atoms with E-state index in [1.807, 2.05) is 25.1 Å². The zero-order chi connectivity index (χ0) is 14.0. The predicted octanol–water partition coefficient (Wildman–Crippen LogP) is 4.50. The van der Waals surface area contributed by atoms with Gasteiger partial charge in [0.1, 0.15) is 11.9 Å². The molecule has 0 spiro atoms. The molecule has 19 heavy (non-hydrogen) atoms. The molecule has 0 fully saturated rings. The molecule has 0 aliphatic carbocycles. The predicted molar refractivity (Wildman–Crippen MR) is 80.9 cm³/mol. The highest BCUT2D eigenvalue weighted by molar-refractivity contribution is 9.10. The molecular weight excluding hydrogens is 328 g/mol. The Balaban J connectivity index is 2.38. The van der Waals surface area contributed by atoms with Crippen LogP contribution in [0.25, 0.3) is 0 Å². The number of aliphatic hydroxyl groups excluding tert-OH is 1. The standard InChI is InChI=1S/C15H14BrClO2/c1-9-3-4-10(7-13(9)16)15(18)12-6-5-11(19-2)8-14(12)17/h3-8,15,18H,1-2H3. The second-order valence-corrected chi connectivity index (χ2v) is 5.56. The van der Waals surface area contributed by atoms with Gasteiger partial charge in [-0.1, -0.05) is 45.7 Å². The molecule has 0 saturated carbocycles. The highest BCUT2D eigenvalue weighted by Crippen LogP contribution is 2.32. The molecule has 0 aromatic heterocycles. The minimum absolute atomic E-state index is 0.489. The van der Waals surface area contributed by atoms with Crippen molar-refractivity contribution in [3.05, 3.63) is 62.6 Å². The molecule has 0 amide bonds. The molecule has 2 aromatic carbocycles. The first-order valence-corrected chi connectivity index (χ1v) is 6.97. The molecule has 4 heteroatoms. The van der Waals surface area contributed by atoms with Crippen LogP contribution in [0.5, 0.6) is 5.75 Å². The van der Waals surface area contributed by atoms with Gasteiger partial charge in [-0.2, -0.15) is 0 Å². The molecule has 0 heterocycles. The fourth-order valence-corrected chi connectivity index (χ4v) is 2.49. The van der Waals surface area contributed by atoms with Crippen molar-refractivity contribution < 1.29 is 9.84 Å². The van der Waals surface area contributed by atoms with E-state index in [1.165, 1.54) is 0 Å². The van der Waals surface area contributed by atoms with Crippen LogP contribution in [0.3, 0.4) is 0 Å². The Hall–Kier alpha value is -1.03. The maximum Gasteiger partial charge on any atom is 0.120 e. The van der Waals surface area contributed by atoms with E-state index in [9.17, 15) is 5.11 Å². The minimum Gasteiger partial charge on any atom is -0.497 e. The lowest BCUT2D eigenvalue weighted by Crippen LogP contribution is -2.01. The average Bonchev–Trinajstić information content (AvgIpc) is 2.41. The van der Waals surface area contributed by atoms with Crippen LogP contribution in [0.2, 0.25) is 5.02 Å². The number of benzene rings is 2. The maximum absolute atomic E-state index is 10.4. The lowest BCUT2D eigenvalue weighted by atomic mass is 10.0.